The Hall–Kier alpha value is -2.43. The highest BCUT2D eigenvalue weighted by Crippen LogP contribution is 2.26. The molecule has 0 fully saturated rings. The van der Waals surface area contributed by atoms with Crippen molar-refractivity contribution in [3.63, 3.8) is 0 Å². The van der Waals surface area contributed by atoms with Crippen molar-refractivity contribution in [1.29, 1.82) is 0 Å². The number of amides is 1. The molecule has 26 heavy (non-hydrogen) atoms. The van der Waals surface area contributed by atoms with Crippen molar-refractivity contribution in [2.75, 3.05) is 11.4 Å². The van der Waals surface area contributed by atoms with Gasteiger partial charge in [0.1, 0.15) is 5.60 Å². The molecule has 0 spiro atoms. The van der Waals surface area contributed by atoms with E-state index in [-0.39, 0.29) is 5.41 Å². The number of carbonyl (C=O) groups is 2. The smallest absolute Gasteiger partial charge is 0.339 e. The Morgan fingerprint density at radius 2 is 1.85 bits per heavy atom. The van der Waals surface area contributed by atoms with Crippen molar-refractivity contribution in [2.45, 2.75) is 53.6 Å². The molecule has 0 aliphatic carbocycles. The van der Waals surface area contributed by atoms with Crippen molar-refractivity contribution >= 4 is 29.0 Å². The highest BCUT2D eigenvalue weighted by molar-refractivity contribution is 6.04. The van der Waals surface area contributed by atoms with E-state index in [0.717, 1.165) is 18.5 Å². The van der Waals surface area contributed by atoms with Gasteiger partial charge in [0.05, 0.1) is 11.1 Å². The number of benzene rings is 1. The lowest BCUT2D eigenvalue weighted by Gasteiger charge is -2.24. The molecule has 5 nitrogen and oxygen atoms in total. The first-order valence-corrected chi connectivity index (χ1v) is 8.84. The van der Waals surface area contributed by atoms with Gasteiger partial charge in [-0.15, -0.1) is 0 Å². The number of anilines is 1. The first-order chi connectivity index (χ1) is 12.0. The van der Waals surface area contributed by atoms with Crippen LogP contribution in [0.5, 0.6) is 0 Å². The number of rotatable bonds is 5. The van der Waals surface area contributed by atoms with Gasteiger partial charge in [-0.25, -0.2) is 4.79 Å². The average Bonchev–Trinajstić information content (AvgIpc) is 2.52. The summed E-state index contributed by atoms with van der Waals surface area (Å²) in [4.78, 5) is 30.1. The van der Waals surface area contributed by atoms with Gasteiger partial charge in [-0.05, 0) is 56.9 Å². The van der Waals surface area contributed by atoms with Crippen LogP contribution >= 0.6 is 0 Å². The van der Waals surface area contributed by atoms with E-state index >= 15 is 0 Å². The SMILES string of the molecule is CC(C)(C)CCN(C=O)c1ccc2nccc(C(=O)OC(C)(C)C)c2c1. The van der Waals surface area contributed by atoms with Crippen LogP contribution in [0.3, 0.4) is 0 Å². The molecule has 1 heterocycles. The predicted molar refractivity (Wildman–Crippen MR) is 104 cm³/mol. The third-order valence-electron chi connectivity index (χ3n) is 3.91. The van der Waals surface area contributed by atoms with Gasteiger partial charge in [0.25, 0.3) is 0 Å². The predicted octanol–water partition coefficient (Wildman–Crippen LogP) is 4.59. The fourth-order valence-corrected chi connectivity index (χ4v) is 2.52. The number of hydrogen-bond donors (Lipinski definition) is 0. The lowest BCUT2D eigenvalue weighted by Crippen LogP contribution is -2.26. The summed E-state index contributed by atoms with van der Waals surface area (Å²) in [6.45, 7) is 12.5. The molecule has 2 rings (SSSR count). The van der Waals surface area contributed by atoms with Crippen molar-refractivity contribution in [1.82, 2.24) is 4.98 Å². The van der Waals surface area contributed by atoms with Crippen LogP contribution in [0.1, 0.15) is 58.3 Å². The molecular weight excluding hydrogens is 328 g/mol. The fraction of sp³-hybridized carbons (Fsp3) is 0.476. The minimum absolute atomic E-state index is 0.126. The number of nitrogens with zero attached hydrogens (tertiary/aromatic N) is 2. The van der Waals surface area contributed by atoms with Gasteiger partial charge in [0.15, 0.2) is 0 Å². The molecule has 5 heteroatoms. The third-order valence-corrected chi connectivity index (χ3v) is 3.91. The van der Waals surface area contributed by atoms with Crippen LogP contribution in [0.2, 0.25) is 0 Å². The van der Waals surface area contributed by atoms with E-state index in [9.17, 15) is 9.59 Å². The number of pyridine rings is 1. The number of hydrogen-bond acceptors (Lipinski definition) is 4. The zero-order chi connectivity index (χ0) is 19.5. The lowest BCUT2D eigenvalue weighted by molar-refractivity contribution is -0.107. The summed E-state index contributed by atoms with van der Waals surface area (Å²) in [6, 6.07) is 7.16. The quantitative estimate of drug-likeness (QED) is 0.581. The van der Waals surface area contributed by atoms with Crippen LogP contribution < -0.4 is 4.90 Å². The second-order valence-corrected chi connectivity index (χ2v) is 8.67. The largest absolute Gasteiger partial charge is 0.456 e. The minimum Gasteiger partial charge on any atom is -0.456 e. The zero-order valence-electron chi connectivity index (χ0n) is 16.5. The summed E-state index contributed by atoms with van der Waals surface area (Å²) in [5, 5.41) is 0.682. The summed E-state index contributed by atoms with van der Waals surface area (Å²) in [7, 11) is 0. The third kappa shape index (κ3) is 5.28. The Labute approximate surface area is 155 Å². The first-order valence-electron chi connectivity index (χ1n) is 8.84. The minimum atomic E-state index is -0.578. The molecule has 1 aromatic heterocycles. The molecule has 0 aliphatic heterocycles. The maximum absolute atomic E-state index is 12.5. The van der Waals surface area contributed by atoms with E-state index in [1.54, 1.807) is 17.2 Å². The van der Waals surface area contributed by atoms with E-state index in [2.05, 4.69) is 25.8 Å². The molecule has 2 aromatic rings. The van der Waals surface area contributed by atoms with E-state index in [4.69, 9.17) is 4.74 Å². The Balaban J connectivity index is 2.40. The number of ether oxygens (including phenoxy) is 1. The van der Waals surface area contributed by atoms with Crippen molar-refractivity contribution in [2.24, 2.45) is 5.41 Å². The molecule has 0 unspecified atom stereocenters. The van der Waals surface area contributed by atoms with Crippen LogP contribution in [-0.4, -0.2) is 29.5 Å². The number of aromatic nitrogens is 1. The molecular formula is C21H28N2O3. The van der Waals surface area contributed by atoms with Gasteiger partial charge in [-0.3, -0.25) is 9.78 Å². The Bertz CT molecular complexity index is 801. The molecule has 0 atom stereocenters. The summed E-state index contributed by atoms with van der Waals surface area (Å²) >= 11 is 0. The first kappa shape index (κ1) is 19.9. The van der Waals surface area contributed by atoms with Crippen LogP contribution in [0.15, 0.2) is 30.5 Å². The van der Waals surface area contributed by atoms with E-state index in [1.165, 1.54) is 0 Å². The number of carbonyl (C=O) groups excluding carboxylic acids is 2. The maximum atomic E-state index is 12.5. The van der Waals surface area contributed by atoms with E-state index < -0.39 is 11.6 Å². The molecule has 0 saturated heterocycles. The van der Waals surface area contributed by atoms with Crippen LogP contribution in [0, 0.1) is 5.41 Å². The van der Waals surface area contributed by atoms with E-state index in [1.807, 2.05) is 39.0 Å². The molecule has 1 amide bonds. The summed E-state index contributed by atoms with van der Waals surface area (Å²) in [5.41, 5.74) is 1.44. The highest BCUT2D eigenvalue weighted by atomic mass is 16.6. The number of fused-ring (bicyclic) bond motifs is 1. The molecule has 0 radical (unpaired) electrons. The monoisotopic (exact) mass is 356 g/mol. The normalized spacial score (nSPS) is 12.1. The van der Waals surface area contributed by atoms with E-state index in [0.29, 0.717) is 23.0 Å². The van der Waals surface area contributed by atoms with Gasteiger partial charge in [-0.2, -0.15) is 0 Å². The second kappa shape index (κ2) is 7.44. The maximum Gasteiger partial charge on any atom is 0.339 e. The number of esters is 1. The molecule has 1 aromatic carbocycles. The molecule has 0 saturated carbocycles. The Morgan fingerprint density at radius 1 is 1.15 bits per heavy atom. The molecule has 0 bridgehead atoms. The second-order valence-electron chi connectivity index (χ2n) is 8.67. The van der Waals surface area contributed by atoms with Gasteiger partial charge >= 0.3 is 5.97 Å². The Morgan fingerprint density at radius 3 is 2.42 bits per heavy atom. The summed E-state index contributed by atoms with van der Waals surface area (Å²) in [5.74, 6) is -0.394. The highest BCUT2D eigenvalue weighted by Gasteiger charge is 2.21. The van der Waals surface area contributed by atoms with Crippen LogP contribution in [0.4, 0.5) is 5.69 Å². The fourth-order valence-electron chi connectivity index (χ4n) is 2.52. The van der Waals surface area contributed by atoms with Crippen molar-refractivity contribution in [3.8, 4) is 0 Å². The van der Waals surface area contributed by atoms with Gasteiger partial charge in [0, 0.05) is 23.8 Å². The summed E-state index contributed by atoms with van der Waals surface area (Å²) in [6.07, 6.45) is 3.30. The van der Waals surface area contributed by atoms with Crippen molar-refractivity contribution in [3.05, 3.63) is 36.0 Å². The molecule has 0 aliphatic rings. The zero-order valence-corrected chi connectivity index (χ0v) is 16.5. The summed E-state index contributed by atoms with van der Waals surface area (Å²) < 4.78 is 5.50. The topological polar surface area (TPSA) is 59.5 Å². The van der Waals surface area contributed by atoms with Gasteiger partial charge < -0.3 is 9.64 Å². The van der Waals surface area contributed by atoms with Crippen LogP contribution in [-0.2, 0) is 9.53 Å². The van der Waals surface area contributed by atoms with Crippen molar-refractivity contribution < 1.29 is 14.3 Å². The van der Waals surface area contributed by atoms with Gasteiger partial charge in [-0.1, -0.05) is 20.8 Å². The molecule has 140 valence electrons. The standard InChI is InChI=1S/C21H28N2O3/c1-20(2,3)10-12-23(14-24)15-7-8-18-17(13-15)16(9-11-22-18)19(25)26-21(4,5)6/h7-9,11,13-14H,10,12H2,1-6H3. The Kier molecular flexibility index (Phi) is 5.69. The lowest BCUT2D eigenvalue weighted by atomic mass is 9.92. The average molecular weight is 356 g/mol. The van der Waals surface area contributed by atoms with Gasteiger partial charge in [0.2, 0.25) is 6.41 Å². The molecule has 0 N–H and O–H groups in total. The van der Waals surface area contributed by atoms with Crippen LogP contribution in [0.25, 0.3) is 10.9 Å².